The van der Waals surface area contributed by atoms with E-state index in [-0.39, 0.29) is 5.60 Å². The summed E-state index contributed by atoms with van der Waals surface area (Å²) in [5.41, 5.74) is 1.32. The number of pyridine rings is 1. The first-order valence-corrected chi connectivity index (χ1v) is 6.80. The van der Waals surface area contributed by atoms with E-state index in [9.17, 15) is 0 Å². The van der Waals surface area contributed by atoms with E-state index in [0.29, 0.717) is 0 Å². The molecule has 2 fully saturated rings. The number of aryl methyl sites for hydroxylation is 1. The summed E-state index contributed by atoms with van der Waals surface area (Å²) in [5, 5.41) is 3.41. The molecule has 4 heteroatoms. The number of piperidine rings is 1. The van der Waals surface area contributed by atoms with Crippen molar-refractivity contribution in [2.75, 3.05) is 37.7 Å². The molecule has 4 nitrogen and oxygen atoms in total. The standard InChI is InChI=1S/C14H21N3O/c1-12-2-5-16-13(10-12)17-8-9-18-14(11-17)3-6-15-7-4-14/h2,5,10,15H,3-4,6-9,11H2,1H3. The van der Waals surface area contributed by atoms with Gasteiger partial charge in [0.1, 0.15) is 5.82 Å². The lowest BCUT2D eigenvalue weighted by molar-refractivity contribution is -0.0740. The molecule has 98 valence electrons. The number of morpholine rings is 1. The van der Waals surface area contributed by atoms with E-state index in [4.69, 9.17) is 4.74 Å². The molecule has 2 saturated heterocycles. The van der Waals surface area contributed by atoms with Gasteiger partial charge in [0.05, 0.1) is 12.2 Å². The molecule has 1 aromatic rings. The van der Waals surface area contributed by atoms with Crippen LogP contribution in [0.4, 0.5) is 5.82 Å². The fraction of sp³-hybridized carbons (Fsp3) is 0.643. The van der Waals surface area contributed by atoms with Gasteiger partial charge >= 0.3 is 0 Å². The molecular formula is C14H21N3O. The van der Waals surface area contributed by atoms with Gasteiger partial charge < -0.3 is 15.0 Å². The van der Waals surface area contributed by atoms with Crippen LogP contribution in [0.15, 0.2) is 18.3 Å². The number of hydrogen-bond acceptors (Lipinski definition) is 4. The van der Waals surface area contributed by atoms with Gasteiger partial charge in [-0.15, -0.1) is 0 Å². The lowest BCUT2D eigenvalue weighted by atomic mass is 9.90. The van der Waals surface area contributed by atoms with Crippen LogP contribution in [0.1, 0.15) is 18.4 Å². The van der Waals surface area contributed by atoms with Crippen LogP contribution in [0.2, 0.25) is 0 Å². The van der Waals surface area contributed by atoms with Crippen LogP contribution in [0.5, 0.6) is 0 Å². The van der Waals surface area contributed by atoms with Gasteiger partial charge in [-0.1, -0.05) is 0 Å². The minimum atomic E-state index is 0.0505. The van der Waals surface area contributed by atoms with E-state index in [1.54, 1.807) is 0 Å². The molecule has 3 heterocycles. The molecular weight excluding hydrogens is 226 g/mol. The van der Waals surface area contributed by atoms with Crippen molar-refractivity contribution in [3.05, 3.63) is 23.9 Å². The van der Waals surface area contributed by atoms with Crippen LogP contribution in [0.3, 0.4) is 0 Å². The van der Waals surface area contributed by atoms with Crippen molar-refractivity contribution in [1.29, 1.82) is 0 Å². The normalized spacial score (nSPS) is 23.3. The highest BCUT2D eigenvalue weighted by Gasteiger charge is 2.38. The number of nitrogens with one attached hydrogen (secondary N) is 1. The predicted molar refractivity (Wildman–Crippen MR) is 72.0 cm³/mol. The number of hydrogen-bond donors (Lipinski definition) is 1. The van der Waals surface area contributed by atoms with Gasteiger partial charge in [0.15, 0.2) is 0 Å². The lowest BCUT2D eigenvalue weighted by Gasteiger charge is -2.45. The van der Waals surface area contributed by atoms with Crippen LogP contribution >= 0.6 is 0 Å². The maximum absolute atomic E-state index is 6.08. The Morgan fingerprint density at radius 1 is 1.39 bits per heavy atom. The van der Waals surface area contributed by atoms with Crippen LogP contribution in [-0.4, -0.2) is 43.4 Å². The van der Waals surface area contributed by atoms with E-state index in [0.717, 1.165) is 51.4 Å². The topological polar surface area (TPSA) is 37.4 Å². The highest BCUT2D eigenvalue weighted by molar-refractivity contribution is 5.41. The van der Waals surface area contributed by atoms with Crippen molar-refractivity contribution in [3.63, 3.8) is 0 Å². The highest BCUT2D eigenvalue weighted by atomic mass is 16.5. The quantitative estimate of drug-likeness (QED) is 0.813. The van der Waals surface area contributed by atoms with Crippen LogP contribution < -0.4 is 10.2 Å². The van der Waals surface area contributed by atoms with Crippen molar-refractivity contribution >= 4 is 5.82 Å². The molecule has 2 aliphatic heterocycles. The van der Waals surface area contributed by atoms with Gasteiger partial charge in [0.2, 0.25) is 0 Å². The summed E-state index contributed by atoms with van der Waals surface area (Å²) in [6, 6.07) is 4.21. The van der Waals surface area contributed by atoms with E-state index >= 15 is 0 Å². The van der Waals surface area contributed by atoms with Gasteiger partial charge in [-0.25, -0.2) is 4.98 Å². The second-order valence-corrected chi connectivity index (χ2v) is 5.39. The summed E-state index contributed by atoms with van der Waals surface area (Å²) in [5.74, 6) is 1.09. The molecule has 1 spiro atoms. The average Bonchev–Trinajstić information content (AvgIpc) is 2.40. The minimum Gasteiger partial charge on any atom is -0.371 e. The Labute approximate surface area is 108 Å². The molecule has 1 N–H and O–H groups in total. The molecule has 18 heavy (non-hydrogen) atoms. The predicted octanol–water partition coefficient (Wildman–Crippen LogP) is 1.35. The van der Waals surface area contributed by atoms with E-state index in [2.05, 4.69) is 28.2 Å². The first kappa shape index (κ1) is 11.9. The smallest absolute Gasteiger partial charge is 0.128 e. The van der Waals surface area contributed by atoms with Crippen molar-refractivity contribution in [1.82, 2.24) is 10.3 Å². The van der Waals surface area contributed by atoms with E-state index in [1.165, 1.54) is 5.56 Å². The third kappa shape index (κ3) is 2.35. The third-order valence-electron chi connectivity index (χ3n) is 3.99. The summed E-state index contributed by atoms with van der Waals surface area (Å²) in [4.78, 5) is 6.87. The summed E-state index contributed by atoms with van der Waals surface area (Å²) >= 11 is 0. The Morgan fingerprint density at radius 2 is 2.22 bits per heavy atom. The largest absolute Gasteiger partial charge is 0.371 e. The second-order valence-electron chi connectivity index (χ2n) is 5.39. The summed E-state index contributed by atoms with van der Waals surface area (Å²) < 4.78 is 6.08. The monoisotopic (exact) mass is 247 g/mol. The number of ether oxygens (including phenoxy) is 1. The number of nitrogens with zero attached hydrogens (tertiary/aromatic N) is 2. The van der Waals surface area contributed by atoms with Crippen LogP contribution in [0, 0.1) is 6.92 Å². The van der Waals surface area contributed by atoms with Gasteiger partial charge in [0, 0.05) is 19.3 Å². The van der Waals surface area contributed by atoms with Gasteiger partial charge in [-0.3, -0.25) is 0 Å². The molecule has 3 rings (SSSR count). The number of rotatable bonds is 1. The highest BCUT2D eigenvalue weighted by Crippen LogP contribution is 2.29. The van der Waals surface area contributed by atoms with Crippen LogP contribution in [0.25, 0.3) is 0 Å². The van der Waals surface area contributed by atoms with Crippen molar-refractivity contribution in [2.45, 2.75) is 25.4 Å². The Kier molecular flexibility index (Phi) is 3.22. The molecule has 0 radical (unpaired) electrons. The average molecular weight is 247 g/mol. The molecule has 0 aliphatic carbocycles. The molecule has 2 aliphatic rings. The third-order valence-corrected chi connectivity index (χ3v) is 3.99. The zero-order valence-corrected chi connectivity index (χ0v) is 11.0. The van der Waals surface area contributed by atoms with Crippen molar-refractivity contribution in [2.24, 2.45) is 0 Å². The molecule has 0 amide bonds. The van der Waals surface area contributed by atoms with Gasteiger partial charge in [0.25, 0.3) is 0 Å². The molecule has 1 aromatic heterocycles. The summed E-state index contributed by atoms with van der Waals surface area (Å²) in [7, 11) is 0. The Balaban J connectivity index is 1.77. The van der Waals surface area contributed by atoms with E-state index in [1.807, 2.05) is 12.3 Å². The lowest BCUT2D eigenvalue weighted by Crippen LogP contribution is -2.56. The zero-order valence-electron chi connectivity index (χ0n) is 11.0. The van der Waals surface area contributed by atoms with Crippen molar-refractivity contribution < 1.29 is 4.74 Å². The first-order valence-electron chi connectivity index (χ1n) is 6.80. The first-order chi connectivity index (χ1) is 8.77. The maximum Gasteiger partial charge on any atom is 0.128 e. The molecule has 0 atom stereocenters. The fourth-order valence-corrected chi connectivity index (χ4v) is 2.92. The molecule has 0 aromatic carbocycles. The summed E-state index contributed by atoms with van der Waals surface area (Å²) in [6.07, 6.45) is 4.11. The van der Waals surface area contributed by atoms with Gasteiger partial charge in [-0.2, -0.15) is 0 Å². The van der Waals surface area contributed by atoms with Crippen molar-refractivity contribution in [3.8, 4) is 0 Å². The molecule has 0 unspecified atom stereocenters. The number of aromatic nitrogens is 1. The second kappa shape index (κ2) is 4.86. The Bertz CT molecular complexity index is 410. The maximum atomic E-state index is 6.08. The Hall–Kier alpha value is -1.13. The number of anilines is 1. The van der Waals surface area contributed by atoms with Crippen LogP contribution in [-0.2, 0) is 4.74 Å². The Morgan fingerprint density at radius 3 is 3.00 bits per heavy atom. The minimum absolute atomic E-state index is 0.0505. The summed E-state index contributed by atoms with van der Waals surface area (Å²) in [6.45, 7) is 6.99. The van der Waals surface area contributed by atoms with Gasteiger partial charge in [-0.05, 0) is 50.6 Å². The fourth-order valence-electron chi connectivity index (χ4n) is 2.92. The molecule has 0 saturated carbocycles. The van der Waals surface area contributed by atoms with E-state index < -0.39 is 0 Å². The molecule has 0 bridgehead atoms. The zero-order chi connectivity index (χ0) is 12.4. The SMILES string of the molecule is Cc1ccnc(N2CCOC3(CCNCC3)C2)c1.